The summed E-state index contributed by atoms with van der Waals surface area (Å²) in [6.07, 6.45) is 1.61. The Morgan fingerprint density at radius 1 is 1.10 bits per heavy atom. The van der Waals surface area contributed by atoms with Gasteiger partial charge in [-0.05, 0) is 53.9 Å². The molecule has 0 atom stereocenters. The fourth-order valence-corrected chi connectivity index (χ4v) is 3.97. The molecule has 1 aromatic carbocycles. The molecule has 1 N–H and O–H groups in total. The predicted molar refractivity (Wildman–Crippen MR) is 113 cm³/mol. The number of aromatic nitrogens is 4. The zero-order valence-corrected chi connectivity index (χ0v) is 16.3. The lowest BCUT2D eigenvalue weighted by Gasteiger charge is -2.11. The molecular formula is C21H14FN5O2S. The molecule has 0 bridgehead atoms. The van der Waals surface area contributed by atoms with Crippen molar-refractivity contribution in [1.82, 2.24) is 19.2 Å². The highest BCUT2D eigenvalue weighted by Crippen LogP contribution is 2.25. The Morgan fingerprint density at radius 3 is 2.70 bits per heavy atom. The van der Waals surface area contributed by atoms with Gasteiger partial charge >= 0.3 is 0 Å². The third kappa shape index (κ3) is 3.15. The largest absolute Gasteiger partial charge is 0.325 e. The SMILES string of the molecule is O=C(Cn1c(=O)c2cc(-c3cccs3)nn2c2ncccc21)Nc1ccc(F)cc1. The molecule has 0 saturated heterocycles. The zero-order chi connectivity index (χ0) is 20.7. The second kappa shape index (κ2) is 7.20. The van der Waals surface area contributed by atoms with Gasteiger partial charge in [0.1, 0.15) is 23.6 Å². The molecule has 148 valence electrons. The number of hydrogen-bond donors (Lipinski definition) is 1. The van der Waals surface area contributed by atoms with Crippen molar-refractivity contribution in [2.45, 2.75) is 6.54 Å². The number of hydrogen-bond acceptors (Lipinski definition) is 5. The smallest absolute Gasteiger partial charge is 0.277 e. The minimum absolute atomic E-state index is 0.214. The van der Waals surface area contributed by atoms with Gasteiger partial charge in [-0.15, -0.1) is 11.3 Å². The Bertz CT molecular complexity index is 1440. The molecule has 5 aromatic rings. The van der Waals surface area contributed by atoms with Crippen LogP contribution in [0.2, 0.25) is 0 Å². The molecule has 0 spiro atoms. The van der Waals surface area contributed by atoms with Crippen LogP contribution in [0.1, 0.15) is 0 Å². The van der Waals surface area contributed by atoms with Crippen LogP contribution >= 0.6 is 11.3 Å². The second-order valence-electron chi connectivity index (χ2n) is 6.60. The predicted octanol–water partition coefficient (Wildman–Crippen LogP) is 3.55. The van der Waals surface area contributed by atoms with Crippen LogP contribution in [-0.2, 0) is 11.3 Å². The number of halogens is 1. The van der Waals surface area contributed by atoms with Crippen molar-refractivity contribution in [1.29, 1.82) is 0 Å². The summed E-state index contributed by atoms with van der Waals surface area (Å²) in [5, 5.41) is 9.17. The maximum atomic E-state index is 13.2. The second-order valence-corrected chi connectivity index (χ2v) is 7.54. The first-order valence-corrected chi connectivity index (χ1v) is 9.95. The van der Waals surface area contributed by atoms with Gasteiger partial charge in [0.25, 0.3) is 5.56 Å². The maximum absolute atomic E-state index is 13.2. The average Bonchev–Trinajstić information content (AvgIpc) is 3.43. The maximum Gasteiger partial charge on any atom is 0.277 e. The van der Waals surface area contributed by atoms with Crippen LogP contribution < -0.4 is 10.9 Å². The van der Waals surface area contributed by atoms with E-state index in [0.29, 0.717) is 28.1 Å². The quantitative estimate of drug-likeness (QED) is 0.483. The summed E-state index contributed by atoms with van der Waals surface area (Å²) in [5.41, 5.74) is 2.07. The molecule has 9 heteroatoms. The summed E-state index contributed by atoms with van der Waals surface area (Å²) in [6.45, 7) is -0.214. The highest BCUT2D eigenvalue weighted by molar-refractivity contribution is 7.13. The highest BCUT2D eigenvalue weighted by Gasteiger charge is 2.17. The monoisotopic (exact) mass is 419 g/mol. The lowest BCUT2D eigenvalue weighted by Crippen LogP contribution is -2.29. The van der Waals surface area contributed by atoms with Gasteiger partial charge in [-0.2, -0.15) is 5.10 Å². The molecule has 0 saturated carbocycles. The lowest BCUT2D eigenvalue weighted by molar-refractivity contribution is -0.116. The van der Waals surface area contributed by atoms with Crippen molar-refractivity contribution in [3.8, 4) is 10.6 Å². The average molecular weight is 419 g/mol. The fraction of sp³-hybridized carbons (Fsp3) is 0.0476. The summed E-state index contributed by atoms with van der Waals surface area (Å²) in [7, 11) is 0. The molecule has 0 aliphatic carbocycles. The van der Waals surface area contributed by atoms with Gasteiger partial charge in [-0.1, -0.05) is 6.07 Å². The van der Waals surface area contributed by atoms with Gasteiger partial charge in [0.15, 0.2) is 5.65 Å². The summed E-state index contributed by atoms with van der Waals surface area (Å²) < 4.78 is 16.0. The minimum atomic E-state index is -0.406. The molecule has 4 heterocycles. The topological polar surface area (TPSA) is 81.3 Å². The van der Waals surface area contributed by atoms with Crippen LogP contribution in [0.25, 0.3) is 27.3 Å². The van der Waals surface area contributed by atoms with E-state index in [9.17, 15) is 14.0 Å². The molecule has 4 aromatic heterocycles. The van der Waals surface area contributed by atoms with Gasteiger partial charge in [0, 0.05) is 11.9 Å². The third-order valence-corrected chi connectivity index (χ3v) is 5.53. The van der Waals surface area contributed by atoms with Crippen molar-refractivity contribution >= 4 is 39.6 Å². The number of carbonyl (C=O) groups excluding carboxylic acids is 1. The zero-order valence-electron chi connectivity index (χ0n) is 15.4. The van der Waals surface area contributed by atoms with Gasteiger partial charge in [-0.25, -0.2) is 13.9 Å². The Hall–Kier alpha value is -3.85. The van der Waals surface area contributed by atoms with Crippen molar-refractivity contribution in [3.05, 3.63) is 82.3 Å². The first-order valence-electron chi connectivity index (χ1n) is 9.07. The summed E-state index contributed by atoms with van der Waals surface area (Å²) in [5.74, 6) is -0.801. The molecule has 30 heavy (non-hydrogen) atoms. The van der Waals surface area contributed by atoms with Gasteiger partial charge < -0.3 is 5.32 Å². The van der Waals surface area contributed by atoms with E-state index in [1.54, 1.807) is 24.4 Å². The van der Waals surface area contributed by atoms with E-state index in [-0.39, 0.29) is 12.1 Å². The number of carbonyl (C=O) groups is 1. The summed E-state index contributed by atoms with van der Waals surface area (Å²) in [6, 6.07) is 14.4. The Balaban J connectivity index is 1.60. The van der Waals surface area contributed by atoms with E-state index in [0.717, 1.165) is 4.88 Å². The Kier molecular flexibility index (Phi) is 4.36. The van der Waals surface area contributed by atoms with Crippen LogP contribution in [0.3, 0.4) is 0 Å². The van der Waals surface area contributed by atoms with E-state index in [2.05, 4.69) is 15.4 Å². The first kappa shape index (κ1) is 18.2. The molecule has 0 radical (unpaired) electrons. The number of pyridine rings is 1. The Labute approximate surface area is 173 Å². The van der Waals surface area contributed by atoms with Crippen LogP contribution in [0.15, 0.2) is 71.0 Å². The number of fused-ring (bicyclic) bond motifs is 3. The number of rotatable bonds is 4. The highest BCUT2D eigenvalue weighted by atomic mass is 32.1. The molecule has 5 rings (SSSR count). The van der Waals surface area contributed by atoms with Crippen molar-refractivity contribution in [3.63, 3.8) is 0 Å². The third-order valence-electron chi connectivity index (χ3n) is 4.63. The summed E-state index contributed by atoms with van der Waals surface area (Å²) in [4.78, 5) is 31.1. The van der Waals surface area contributed by atoms with E-state index in [1.165, 1.54) is 44.7 Å². The van der Waals surface area contributed by atoms with Crippen LogP contribution in [0, 0.1) is 5.82 Å². The molecule has 0 aliphatic heterocycles. The normalized spacial score (nSPS) is 11.2. The van der Waals surface area contributed by atoms with Crippen LogP contribution in [0.4, 0.5) is 10.1 Å². The number of amides is 1. The van der Waals surface area contributed by atoms with E-state index < -0.39 is 11.7 Å². The minimum Gasteiger partial charge on any atom is -0.325 e. The fourth-order valence-electron chi connectivity index (χ4n) is 3.28. The number of nitrogens with zero attached hydrogens (tertiary/aromatic N) is 4. The van der Waals surface area contributed by atoms with E-state index in [1.807, 2.05) is 17.5 Å². The summed E-state index contributed by atoms with van der Waals surface area (Å²) >= 11 is 1.52. The van der Waals surface area contributed by atoms with Crippen molar-refractivity contribution in [2.24, 2.45) is 0 Å². The molecule has 1 amide bonds. The number of nitrogens with one attached hydrogen (secondary N) is 1. The van der Waals surface area contributed by atoms with Crippen LogP contribution in [0.5, 0.6) is 0 Å². The van der Waals surface area contributed by atoms with Gasteiger partial charge in [-0.3, -0.25) is 14.2 Å². The van der Waals surface area contributed by atoms with Crippen LogP contribution in [-0.4, -0.2) is 25.1 Å². The number of thiophene rings is 1. The standard InChI is InChI=1S/C21H14FN5O2S/c22-13-5-7-14(8-6-13)24-19(28)12-26-16-3-1-9-23-20(16)27-17(21(26)29)11-15(25-27)18-4-2-10-30-18/h1-11H,12H2,(H,24,28). The van der Waals surface area contributed by atoms with Gasteiger partial charge in [0.2, 0.25) is 5.91 Å². The molecular weight excluding hydrogens is 405 g/mol. The lowest BCUT2D eigenvalue weighted by atomic mass is 10.3. The van der Waals surface area contributed by atoms with Gasteiger partial charge in [0.05, 0.1) is 10.4 Å². The molecule has 0 fully saturated rings. The number of benzene rings is 1. The molecule has 7 nitrogen and oxygen atoms in total. The van der Waals surface area contributed by atoms with Crippen molar-refractivity contribution in [2.75, 3.05) is 5.32 Å². The van der Waals surface area contributed by atoms with Crippen molar-refractivity contribution < 1.29 is 9.18 Å². The molecule has 0 unspecified atom stereocenters. The Morgan fingerprint density at radius 2 is 1.93 bits per heavy atom. The first-order chi connectivity index (χ1) is 14.6. The number of anilines is 1. The van der Waals surface area contributed by atoms with E-state index >= 15 is 0 Å². The molecule has 0 aliphatic rings. The van der Waals surface area contributed by atoms with E-state index in [4.69, 9.17) is 0 Å².